The van der Waals surface area contributed by atoms with Gasteiger partial charge in [0.05, 0.1) is 18.1 Å². The van der Waals surface area contributed by atoms with Crippen LogP contribution >= 0.6 is 11.8 Å². The van der Waals surface area contributed by atoms with Crippen molar-refractivity contribution in [3.63, 3.8) is 0 Å². The summed E-state index contributed by atoms with van der Waals surface area (Å²) in [5.41, 5.74) is 4.02. The van der Waals surface area contributed by atoms with E-state index in [1.165, 1.54) is 17.3 Å². The van der Waals surface area contributed by atoms with E-state index in [1.54, 1.807) is 4.90 Å². The number of hydrogen-bond donors (Lipinski definition) is 0. The maximum atomic E-state index is 14.2. The van der Waals surface area contributed by atoms with E-state index in [9.17, 15) is 9.59 Å². The summed E-state index contributed by atoms with van der Waals surface area (Å²) >= 11 is 1.45. The first kappa shape index (κ1) is 22.4. The maximum Gasteiger partial charge on any atom is 0.269 e. The molecule has 35 heavy (non-hydrogen) atoms. The lowest BCUT2D eigenvalue weighted by Crippen LogP contribution is -2.52. The zero-order chi connectivity index (χ0) is 23.8. The fourth-order valence-electron chi connectivity index (χ4n) is 5.75. The van der Waals surface area contributed by atoms with Crippen LogP contribution < -0.4 is 9.80 Å². The highest BCUT2D eigenvalue weighted by molar-refractivity contribution is 8.02. The molecule has 0 unspecified atom stereocenters. The van der Waals surface area contributed by atoms with Gasteiger partial charge in [0.25, 0.3) is 5.91 Å². The van der Waals surface area contributed by atoms with Crippen molar-refractivity contribution in [1.82, 2.24) is 4.90 Å². The Bertz CT molecular complexity index is 1230. The number of benzene rings is 3. The second kappa shape index (κ2) is 9.17. The Morgan fingerprint density at radius 3 is 2.23 bits per heavy atom. The summed E-state index contributed by atoms with van der Waals surface area (Å²) in [6.07, 6.45) is 3.38. The minimum absolute atomic E-state index is 0.00943. The van der Waals surface area contributed by atoms with E-state index in [1.807, 2.05) is 59.5 Å². The summed E-state index contributed by atoms with van der Waals surface area (Å²) in [5, 5.41) is 0. The summed E-state index contributed by atoms with van der Waals surface area (Å²) < 4.78 is 0. The van der Waals surface area contributed by atoms with Crippen LogP contribution in [0.15, 0.2) is 84.9 Å². The van der Waals surface area contributed by atoms with Crippen molar-refractivity contribution in [3.8, 4) is 0 Å². The molecule has 3 aromatic carbocycles. The number of carbonyl (C=O) groups is 2. The largest absolute Gasteiger partial charge is 0.295 e. The quantitative estimate of drug-likeness (QED) is 0.519. The second-order valence-electron chi connectivity index (χ2n) is 9.64. The van der Waals surface area contributed by atoms with E-state index < -0.39 is 4.87 Å². The maximum absolute atomic E-state index is 14.2. The number of hydrogen-bond acceptors (Lipinski definition) is 4. The molecule has 6 heteroatoms. The lowest BCUT2D eigenvalue weighted by atomic mass is 9.90. The van der Waals surface area contributed by atoms with Gasteiger partial charge in [-0.25, -0.2) is 0 Å². The summed E-state index contributed by atoms with van der Waals surface area (Å²) in [7, 11) is 0. The summed E-state index contributed by atoms with van der Waals surface area (Å²) in [5.74, 6) is 0.948. The first-order chi connectivity index (χ1) is 17.2. The van der Waals surface area contributed by atoms with E-state index >= 15 is 0 Å². The van der Waals surface area contributed by atoms with Gasteiger partial charge in [-0.3, -0.25) is 24.3 Å². The summed E-state index contributed by atoms with van der Waals surface area (Å²) in [6, 6.07) is 28.3. The van der Waals surface area contributed by atoms with Crippen molar-refractivity contribution >= 4 is 35.0 Å². The van der Waals surface area contributed by atoms with Gasteiger partial charge in [-0.2, -0.15) is 0 Å². The molecule has 6 rings (SSSR count). The van der Waals surface area contributed by atoms with Crippen molar-refractivity contribution in [1.29, 1.82) is 0 Å². The molecule has 178 valence electrons. The summed E-state index contributed by atoms with van der Waals surface area (Å²) in [6.45, 7) is 2.52. The molecule has 0 aliphatic carbocycles. The molecule has 5 nitrogen and oxygen atoms in total. The lowest BCUT2D eigenvalue weighted by molar-refractivity contribution is -0.124. The van der Waals surface area contributed by atoms with Gasteiger partial charge in [-0.05, 0) is 48.9 Å². The molecule has 0 saturated carbocycles. The van der Waals surface area contributed by atoms with Crippen LogP contribution in [0, 0.1) is 5.92 Å². The number of nitrogens with zero attached hydrogens (tertiary/aromatic N) is 3. The van der Waals surface area contributed by atoms with Gasteiger partial charge in [-0.1, -0.05) is 66.7 Å². The van der Waals surface area contributed by atoms with E-state index in [0.717, 1.165) is 49.3 Å². The van der Waals surface area contributed by atoms with Crippen LogP contribution in [0.25, 0.3) is 0 Å². The third-order valence-corrected chi connectivity index (χ3v) is 8.88. The van der Waals surface area contributed by atoms with Crippen LogP contribution in [0.3, 0.4) is 0 Å². The zero-order valence-electron chi connectivity index (χ0n) is 19.7. The van der Waals surface area contributed by atoms with E-state index in [2.05, 4.69) is 35.2 Å². The van der Waals surface area contributed by atoms with Gasteiger partial charge in [-0.15, -0.1) is 11.8 Å². The standard InChI is InChI=1S/C29H29N3O2S/c33-27-20-35-29(32(27)24-11-5-2-6-12-24)25-13-7-8-14-26(25)31(28(29)34)21-30-17-15-23(16-18-30)19-22-9-3-1-4-10-22/h1-14,23H,15-21H2/t29-/m1/s1. The van der Waals surface area contributed by atoms with Crippen LogP contribution in [0.4, 0.5) is 11.4 Å². The SMILES string of the molecule is O=C1CS[C@]2(C(=O)N(CN3CCC(Cc4ccccc4)CC3)c3ccccc32)N1c1ccccc1. The third-order valence-electron chi connectivity index (χ3n) is 7.49. The van der Waals surface area contributed by atoms with Crippen LogP contribution in [0.2, 0.25) is 0 Å². The molecule has 3 heterocycles. The van der Waals surface area contributed by atoms with Crippen molar-refractivity contribution in [3.05, 3.63) is 96.1 Å². The van der Waals surface area contributed by atoms with Crippen LogP contribution in [-0.2, 0) is 20.9 Å². The average Bonchev–Trinajstić information content (AvgIpc) is 3.37. The highest BCUT2D eigenvalue weighted by Gasteiger charge is 2.61. The highest BCUT2D eigenvalue weighted by atomic mass is 32.2. The molecule has 2 amide bonds. The Kier molecular flexibility index (Phi) is 5.86. The van der Waals surface area contributed by atoms with Gasteiger partial charge in [0.15, 0.2) is 0 Å². The molecular formula is C29H29N3O2S. The Balaban J connectivity index is 1.23. The average molecular weight is 484 g/mol. The molecular weight excluding hydrogens is 454 g/mol. The first-order valence-corrected chi connectivity index (χ1v) is 13.4. The molecule has 0 aromatic heterocycles. The van der Waals surface area contributed by atoms with Gasteiger partial charge in [0, 0.05) is 24.3 Å². The number of rotatable bonds is 5. The fraction of sp³-hybridized carbons (Fsp3) is 0.310. The smallest absolute Gasteiger partial charge is 0.269 e. The van der Waals surface area contributed by atoms with Crippen molar-refractivity contribution in [2.45, 2.75) is 24.1 Å². The van der Waals surface area contributed by atoms with Crippen molar-refractivity contribution in [2.24, 2.45) is 5.92 Å². The molecule has 1 spiro atoms. The molecule has 3 aliphatic rings. The van der Waals surface area contributed by atoms with Crippen LogP contribution in [-0.4, -0.2) is 42.2 Å². The Labute approximate surface area is 210 Å². The number of piperidine rings is 1. The predicted molar refractivity (Wildman–Crippen MR) is 141 cm³/mol. The molecule has 3 aliphatic heterocycles. The van der Waals surface area contributed by atoms with E-state index in [0.29, 0.717) is 18.3 Å². The van der Waals surface area contributed by atoms with Gasteiger partial charge in [0.2, 0.25) is 10.8 Å². The molecule has 2 saturated heterocycles. The molecule has 1 atom stereocenters. The van der Waals surface area contributed by atoms with Gasteiger partial charge >= 0.3 is 0 Å². The van der Waals surface area contributed by atoms with Crippen LogP contribution in [0.1, 0.15) is 24.0 Å². The molecule has 0 N–H and O–H groups in total. The zero-order valence-corrected chi connectivity index (χ0v) is 20.5. The Morgan fingerprint density at radius 1 is 0.829 bits per heavy atom. The van der Waals surface area contributed by atoms with Crippen molar-refractivity contribution < 1.29 is 9.59 Å². The molecule has 0 radical (unpaired) electrons. The highest BCUT2D eigenvalue weighted by Crippen LogP contribution is 2.55. The number of amides is 2. The normalized spacial score (nSPS) is 22.9. The first-order valence-electron chi connectivity index (χ1n) is 12.4. The number of thioether (sulfide) groups is 1. The number of fused-ring (bicyclic) bond motifs is 2. The minimum Gasteiger partial charge on any atom is -0.295 e. The molecule has 3 aromatic rings. The fourth-order valence-corrected chi connectivity index (χ4v) is 7.11. The third kappa shape index (κ3) is 3.85. The minimum atomic E-state index is -1.03. The predicted octanol–water partition coefficient (Wildman–Crippen LogP) is 4.88. The van der Waals surface area contributed by atoms with Gasteiger partial charge < -0.3 is 0 Å². The van der Waals surface area contributed by atoms with E-state index in [4.69, 9.17) is 0 Å². The number of likely N-dealkylation sites (tertiary alicyclic amines) is 1. The topological polar surface area (TPSA) is 43.9 Å². The molecule has 0 bridgehead atoms. The lowest BCUT2D eigenvalue weighted by Gasteiger charge is -2.36. The Hall–Kier alpha value is -3.09. The Morgan fingerprint density at radius 2 is 1.49 bits per heavy atom. The van der Waals surface area contributed by atoms with Gasteiger partial charge in [0.1, 0.15) is 0 Å². The number of anilines is 2. The number of carbonyl (C=O) groups excluding carboxylic acids is 2. The monoisotopic (exact) mass is 483 g/mol. The van der Waals surface area contributed by atoms with Crippen molar-refractivity contribution in [2.75, 3.05) is 35.3 Å². The number of para-hydroxylation sites is 2. The van der Waals surface area contributed by atoms with E-state index in [-0.39, 0.29) is 11.8 Å². The summed E-state index contributed by atoms with van der Waals surface area (Å²) in [4.78, 5) is 32.3. The van der Waals surface area contributed by atoms with Crippen LogP contribution in [0.5, 0.6) is 0 Å². The molecule has 2 fully saturated rings. The second-order valence-corrected chi connectivity index (χ2v) is 10.8.